The van der Waals surface area contributed by atoms with Crippen molar-refractivity contribution in [3.63, 3.8) is 0 Å². The molecule has 0 unspecified atom stereocenters. The predicted octanol–water partition coefficient (Wildman–Crippen LogP) is -0.0553. The zero-order chi connectivity index (χ0) is 26.2. The van der Waals surface area contributed by atoms with E-state index in [4.69, 9.17) is 10.5 Å². The summed E-state index contributed by atoms with van der Waals surface area (Å²) in [6.07, 6.45) is 1.40. The third kappa shape index (κ3) is 3.20. The molecule has 3 aliphatic carbocycles. The summed E-state index contributed by atoms with van der Waals surface area (Å²) in [5.74, 6) is -6.37. The Morgan fingerprint density at radius 2 is 1.78 bits per heavy atom. The van der Waals surface area contributed by atoms with Crippen molar-refractivity contribution in [3.8, 4) is 5.75 Å². The number of aromatic hydroxyl groups is 1. The molecule has 11 heteroatoms. The average Bonchev–Trinajstić information content (AvgIpc) is 2.82. The van der Waals surface area contributed by atoms with Crippen LogP contribution in [-0.2, 0) is 25.5 Å². The fourth-order valence-corrected chi connectivity index (χ4v) is 6.76. The van der Waals surface area contributed by atoms with Gasteiger partial charge in [-0.2, -0.15) is 0 Å². The van der Waals surface area contributed by atoms with E-state index in [1.165, 1.54) is 6.07 Å². The number of phenolic OH excluding ortho intramolecular Hbond substituents is 1. The molecule has 37 heavy (non-hydrogen) atoms. The molecule has 1 aromatic carbocycles. The Balaban J connectivity index is 1.53. The number of benzene rings is 1. The second-order valence-electron chi connectivity index (χ2n) is 10.4. The van der Waals surface area contributed by atoms with Crippen molar-refractivity contribution in [1.82, 2.24) is 4.90 Å². The molecule has 0 spiro atoms. The number of nitrogens with two attached hydrogens (primary N) is 1. The minimum atomic E-state index is -2.64. The van der Waals surface area contributed by atoms with Gasteiger partial charge in [-0.15, -0.1) is 0 Å². The summed E-state index contributed by atoms with van der Waals surface area (Å²) < 4.78 is 5.40. The number of hydrogen-bond donors (Lipinski definition) is 5. The molecule has 0 bridgehead atoms. The first-order valence-electron chi connectivity index (χ1n) is 12.6. The largest absolute Gasteiger partial charge is 0.508 e. The molecule has 5 aliphatic rings. The van der Waals surface area contributed by atoms with Gasteiger partial charge in [0, 0.05) is 43.4 Å². The highest BCUT2D eigenvalue weighted by Gasteiger charge is 2.64. The van der Waals surface area contributed by atoms with Crippen molar-refractivity contribution in [1.29, 1.82) is 0 Å². The maximum absolute atomic E-state index is 14.0. The van der Waals surface area contributed by atoms with Crippen LogP contribution in [-0.4, -0.2) is 93.8 Å². The number of hydrogen-bond acceptors (Lipinski definition) is 10. The minimum absolute atomic E-state index is 0.0834. The molecule has 4 atom stereocenters. The van der Waals surface area contributed by atoms with Gasteiger partial charge in [0.25, 0.3) is 5.91 Å². The van der Waals surface area contributed by atoms with Gasteiger partial charge in [-0.05, 0) is 42.9 Å². The van der Waals surface area contributed by atoms with E-state index < -0.39 is 58.0 Å². The lowest BCUT2D eigenvalue weighted by Crippen LogP contribution is -2.67. The number of aliphatic hydroxyl groups excluding tert-OH is 2. The zero-order valence-electron chi connectivity index (χ0n) is 20.1. The van der Waals surface area contributed by atoms with Crippen LogP contribution in [0, 0.1) is 11.8 Å². The molecule has 0 radical (unpaired) electrons. The number of Topliss-reactive ketones (excluding diaryl/α,β-unsaturated/α-hetero) is 2. The van der Waals surface area contributed by atoms with Crippen molar-refractivity contribution >= 4 is 28.9 Å². The molecule has 6 N–H and O–H groups in total. The second-order valence-corrected chi connectivity index (χ2v) is 10.4. The third-order valence-corrected chi connectivity index (χ3v) is 8.66. The number of primary amides is 1. The average molecular weight is 512 g/mol. The summed E-state index contributed by atoms with van der Waals surface area (Å²) in [5.41, 5.74) is 3.55. The number of amides is 1. The van der Waals surface area contributed by atoms with Crippen molar-refractivity contribution in [2.45, 2.75) is 30.9 Å². The number of nitrogens with zero attached hydrogens (tertiary/aromatic N) is 2. The number of rotatable bonds is 3. The Hall–Kier alpha value is -3.41. The van der Waals surface area contributed by atoms with Crippen LogP contribution >= 0.6 is 0 Å². The van der Waals surface area contributed by atoms with Crippen LogP contribution in [0.2, 0.25) is 0 Å². The lowest BCUT2D eigenvalue weighted by molar-refractivity contribution is -0.157. The predicted molar refractivity (Wildman–Crippen MR) is 130 cm³/mol. The summed E-state index contributed by atoms with van der Waals surface area (Å²) in [5, 5.41) is 44.8. The number of carbonyl (C=O) groups is 3. The highest BCUT2D eigenvalue weighted by Crippen LogP contribution is 2.54. The number of anilines is 1. The molecule has 11 nitrogen and oxygen atoms in total. The number of ketones is 2. The summed E-state index contributed by atoms with van der Waals surface area (Å²) in [6, 6.07) is 2.17. The lowest BCUT2D eigenvalue weighted by atomic mass is 9.57. The first-order chi connectivity index (χ1) is 17.7. The van der Waals surface area contributed by atoms with E-state index in [1.54, 1.807) is 11.0 Å². The fourth-order valence-electron chi connectivity index (χ4n) is 6.76. The quantitative estimate of drug-likeness (QED) is 0.346. The lowest BCUT2D eigenvalue weighted by Gasteiger charge is -2.51. The molecule has 196 valence electrons. The second kappa shape index (κ2) is 8.30. The SMILES string of the molecule is NC(=O)C1=C(O)[C@@]2(O)C(=O)C3=C(O)c4c(O)ccc(N5CCC5)c4C[C@H]3C[C@H]2[C@@H](N2CCOCC2)C1=O. The van der Waals surface area contributed by atoms with Gasteiger partial charge in [0.15, 0.2) is 11.4 Å². The van der Waals surface area contributed by atoms with Gasteiger partial charge in [0.1, 0.15) is 22.8 Å². The van der Waals surface area contributed by atoms with Gasteiger partial charge in [-0.1, -0.05) is 0 Å². The number of carbonyl (C=O) groups excluding carboxylic acids is 3. The monoisotopic (exact) mass is 511 g/mol. The molecular formula is C26H29N3O8. The molecule has 2 aliphatic heterocycles. The Bertz CT molecular complexity index is 1290. The molecule has 1 amide bonds. The van der Waals surface area contributed by atoms with Gasteiger partial charge in [0.2, 0.25) is 5.78 Å². The van der Waals surface area contributed by atoms with Gasteiger partial charge >= 0.3 is 0 Å². The van der Waals surface area contributed by atoms with Crippen LogP contribution in [0.5, 0.6) is 5.75 Å². The van der Waals surface area contributed by atoms with Crippen molar-refractivity contribution in [2.24, 2.45) is 17.6 Å². The first-order valence-corrected chi connectivity index (χ1v) is 12.6. The molecule has 1 aromatic rings. The first kappa shape index (κ1) is 24.0. The summed E-state index contributed by atoms with van der Waals surface area (Å²) >= 11 is 0. The number of morpholine rings is 1. The number of ether oxygens (including phenoxy) is 1. The molecule has 3 fully saturated rings. The molecule has 6 rings (SSSR count). The van der Waals surface area contributed by atoms with Crippen molar-refractivity contribution in [2.75, 3.05) is 44.3 Å². The van der Waals surface area contributed by atoms with E-state index >= 15 is 0 Å². The van der Waals surface area contributed by atoms with Gasteiger partial charge < -0.3 is 35.8 Å². The van der Waals surface area contributed by atoms with Crippen molar-refractivity contribution < 1.29 is 39.5 Å². The standard InChI is InChI=1S/C26H29N3O8/c27-25(35)19-22(32)20(29-6-8-37-9-7-29)14-11-12-10-13-15(28-4-1-5-28)2-3-16(30)18(13)21(31)17(12)23(33)26(14,36)24(19)34/h2-3,12,14,20,30-31,34,36H,1,4-11H2,(H2,27,35)/t12-,14-,20+,26-/m0/s1. The maximum atomic E-state index is 14.0. The number of aliphatic hydroxyl groups is 3. The van der Waals surface area contributed by atoms with Crippen LogP contribution in [0.1, 0.15) is 24.0 Å². The topological polar surface area (TPSA) is 174 Å². The Morgan fingerprint density at radius 3 is 2.41 bits per heavy atom. The van der Waals surface area contributed by atoms with Crippen LogP contribution < -0.4 is 10.6 Å². The molecule has 1 saturated carbocycles. The Morgan fingerprint density at radius 1 is 1.08 bits per heavy atom. The number of phenols is 1. The van der Waals surface area contributed by atoms with Crippen LogP contribution in [0.3, 0.4) is 0 Å². The van der Waals surface area contributed by atoms with E-state index in [0.717, 1.165) is 25.2 Å². The Kier molecular flexibility index (Phi) is 5.38. The fraction of sp³-hybridized carbons (Fsp3) is 0.500. The van der Waals surface area contributed by atoms with Crippen molar-refractivity contribution in [3.05, 3.63) is 40.2 Å². The highest BCUT2D eigenvalue weighted by atomic mass is 16.5. The Labute approximate surface area is 212 Å². The van der Waals surface area contributed by atoms with E-state index in [1.807, 2.05) is 0 Å². The minimum Gasteiger partial charge on any atom is -0.508 e. The summed E-state index contributed by atoms with van der Waals surface area (Å²) in [7, 11) is 0. The number of fused-ring (bicyclic) bond motifs is 3. The van der Waals surface area contributed by atoms with E-state index in [-0.39, 0.29) is 23.3 Å². The summed E-state index contributed by atoms with van der Waals surface area (Å²) in [6.45, 7) is 2.99. The van der Waals surface area contributed by atoms with Crippen LogP contribution in [0.4, 0.5) is 5.69 Å². The molecular weight excluding hydrogens is 482 g/mol. The van der Waals surface area contributed by atoms with Gasteiger partial charge in [-0.25, -0.2) is 0 Å². The van der Waals surface area contributed by atoms with E-state index in [9.17, 15) is 34.8 Å². The van der Waals surface area contributed by atoms with Gasteiger partial charge in [-0.3, -0.25) is 19.3 Å². The molecule has 2 heterocycles. The third-order valence-electron chi connectivity index (χ3n) is 8.66. The van der Waals surface area contributed by atoms with E-state index in [0.29, 0.717) is 38.3 Å². The molecule has 2 saturated heterocycles. The summed E-state index contributed by atoms with van der Waals surface area (Å²) in [4.78, 5) is 43.6. The molecule has 0 aromatic heterocycles. The normalized spacial score (nSPS) is 32.0. The maximum Gasteiger partial charge on any atom is 0.255 e. The highest BCUT2D eigenvalue weighted by molar-refractivity contribution is 6.24. The van der Waals surface area contributed by atoms with E-state index in [2.05, 4.69) is 4.90 Å². The zero-order valence-corrected chi connectivity index (χ0v) is 20.1. The smallest absolute Gasteiger partial charge is 0.255 e. The van der Waals surface area contributed by atoms with Gasteiger partial charge in [0.05, 0.1) is 24.8 Å². The van der Waals surface area contributed by atoms with Crippen LogP contribution in [0.25, 0.3) is 5.76 Å². The van der Waals surface area contributed by atoms with Crippen LogP contribution in [0.15, 0.2) is 29.0 Å².